The highest BCUT2D eigenvalue weighted by atomic mass is 16.4. The second kappa shape index (κ2) is 6.53. The van der Waals surface area contributed by atoms with E-state index in [2.05, 4.69) is 5.32 Å². The molecule has 7 heteroatoms. The average Bonchev–Trinajstić information content (AvgIpc) is 2.80. The minimum Gasteiger partial charge on any atom is -0.548 e. The lowest BCUT2D eigenvalue weighted by molar-refractivity contribution is -0.915. The molecule has 0 radical (unpaired) electrons. The van der Waals surface area contributed by atoms with E-state index < -0.39 is 18.4 Å². The van der Waals surface area contributed by atoms with E-state index in [4.69, 9.17) is 4.42 Å². The Labute approximate surface area is 121 Å². The minimum absolute atomic E-state index is 0.0937. The molecule has 2 rings (SSSR count). The number of carboxylic acids is 1. The molecule has 1 aromatic heterocycles. The van der Waals surface area contributed by atoms with Crippen molar-refractivity contribution in [1.29, 1.82) is 0 Å². The van der Waals surface area contributed by atoms with Crippen molar-refractivity contribution in [3.63, 3.8) is 0 Å². The van der Waals surface area contributed by atoms with E-state index in [1.54, 1.807) is 13.0 Å². The molecule has 0 saturated carbocycles. The van der Waals surface area contributed by atoms with Crippen LogP contribution in [0.5, 0.6) is 0 Å². The quantitative estimate of drug-likeness (QED) is 0.642. The lowest BCUT2D eigenvalue weighted by atomic mass is 10.1. The van der Waals surface area contributed by atoms with Crippen molar-refractivity contribution < 1.29 is 28.8 Å². The Hall–Kier alpha value is -2.15. The molecule has 0 aliphatic carbocycles. The Bertz CT molecular complexity index is 554. The molecule has 1 saturated heterocycles. The normalized spacial score (nSPS) is 16.0. The van der Waals surface area contributed by atoms with E-state index in [-0.39, 0.29) is 5.76 Å². The standard InChI is InChI=1S/C14H18N2O5/c1-9-10(8-16-4-2-11(17)3-5-16)6-12(21-9)14(20)15-7-13(18)19/h6H,2-5,7-8H2,1H3,(H,15,20)(H,18,19). The Morgan fingerprint density at radius 2 is 2.05 bits per heavy atom. The number of furan rings is 1. The van der Waals surface area contributed by atoms with Crippen LogP contribution in [0.25, 0.3) is 0 Å². The van der Waals surface area contributed by atoms with Crippen molar-refractivity contribution in [3.05, 3.63) is 23.2 Å². The number of carbonyl (C=O) groups is 3. The third-order valence-electron chi connectivity index (χ3n) is 3.59. The Morgan fingerprint density at radius 1 is 1.38 bits per heavy atom. The fraction of sp³-hybridized carbons (Fsp3) is 0.500. The molecule has 0 atom stereocenters. The predicted molar refractivity (Wildman–Crippen MR) is 69.4 cm³/mol. The van der Waals surface area contributed by atoms with Crippen molar-refractivity contribution in [3.8, 4) is 0 Å². The molecule has 2 heterocycles. The van der Waals surface area contributed by atoms with Crippen LogP contribution in [-0.4, -0.2) is 37.3 Å². The number of nitrogens with one attached hydrogen (secondary N) is 2. The number of piperidine rings is 1. The van der Waals surface area contributed by atoms with Gasteiger partial charge in [-0.25, -0.2) is 0 Å². The molecule has 1 aromatic rings. The van der Waals surface area contributed by atoms with E-state index >= 15 is 0 Å². The molecule has 1 amide bonds. The number of carbonyl (C=O) groups excluding carboxylic acids is 3. The first-order chi connectivity index (χ1) is 9.95. The van der Waals surface area contributed by atoms with Crippen LogP contribution < -0.4 is 15.3 Å². The van der Waals surface area contributed by atoms with Crippen molar-refractivity contribution in [2.75, 3.05) is 19.6 Å². The molecule has 7 nitrogen and oxygen atoms in total. The summed E-state index contributed by atoms with van der Waals surface area (Å²) < 4.78 is 5.37. The fourth-order valence-corrected chi connectivity index (χ4v) is 2.38. The van der Waals surface area contributed by atoms with E-state index in [9.17, 15) is 19.5 Å². The van der Waals surface area contributed by atoms with Gasteiger partial charge in [0, 0.05) is 5.56 Å². The summed E-state index contributed by atoms with van der Waals surface area (Å²) in [7, 11) is 0. The summed E-state index contributed by atoms with van der Waals surface area (Å²) in [4.78, 5) is 34.5. The Balaban J connectivity index is 1.97. The monoisotopic (exact) mass is 294 g/mol. The molecule has 1 aliphatic rings. The first-order valence-corrected chi connectivity index (χ1v) is 6.88. The number of amides is 1. The van der Waals surface area contributed by atoms with Gasteiger partial charge in [0.25, 0.3) is 5.91 Å². The summed E-state index contributed by atoms with van der Waals surface area (Å²) in [6.45, 7) is 3.48. The van der Waals surface area contributed by atoms with Gasteiger partial charge < -0.3 is 24.5 Å². The fourth-order valence-electron chi connectivity index (χ4n) is 2.38. The molecule has 0 unspecified atom stereocenters. The topological polar surface area (TPSA) is 104 Å². The molecule has 0 aromatic carbocycles. The third-order valence-corrected chi connectivity index (χ3v) is 3.59. The maximum Gasteiger partial charge on any atom is 0.287 e. The van der Waals surface area contributed by atoms with Gasteiger partial charge in [0.05, 0.1) is 38.4 Å². The summed E-state index contributed by atoms with van der Waals surface area (Å²) in [5.41, 5.74) is 0.901. The number of Topliss-reactive ketones (excluding diaryl/α,β-unsaturated/α-hetero) is 1. The highest BCUT2D eigenvalue weighted by Gasteiger charge is 2.22. The molecular formula is C14H18N2O5. The molecule has 0 spiro atoms. The summed E-state index contributed by atoms with van der Waals surface area (Å²) in [5.74, 6) is -0.897. The highest BCUT2D eigenvalue weighted by molar-refractivity contribution is 5.93. The summed E-state index contributed by atoms with van der Waals surface area (Å²) in [5, 5.41) is 12.5. The molecular weight excluding hydrogens is 276 g/mol. The van der Waals surface area contributed by atoms with Crippen LogP contribution in [0.4, 0.5) is 0 Å². The van der Waals surface area contributed by atoms with Crippen LogP contribution in [0.2, 0.25) is 0 Å². The smallest absolute Gasteiger partial charge is 0.287 e. The van der Waals surface area contributed by atoms with Gasteiger partial charge in [-0.3, -0.25) is 9.59 Å². The molecule has 1 fully saturated rings. The molecule has 21 heavy (non-hydrogen) atoms. The Morgan fingerprint density at radius 3 is 2.67 bits per heavy atom. The molecule has 1 aliphatic heterocycles. The number of rotatable bonds is 5. The van der Waals surface area contributed by atoms with Gasteiger partial charge in [-0.05, 0) is 13.0 Å². The molecule has 0 bridgehead atoms. The largest absolute Gasteiger partial charge is 0.548 e. The van der Waals surface area contributed by atoms with Crippen LogP contribution in [0.3, 0.4) is 0 Å². The van der Waals surface area contributed by atoms with Gasteiger partial charge in [-0.2, -0.15) is 0 Å². The van der Waals surface area contributed by atoms with Gasteiger partial charge in [-0.15, -0.1) is 0 Å². The van der Waals surface area contributed by atoms with Crippen LogP contribution >= 0.6 is 0 Å². The number of likely N-dealkylation sites (tertiary alicyclic amines) is 1. The number of aryl methyl sites for hydroxylation is 1. The summed E-state index contributed by atoms with van der Waals surface area (Å²) in [6, 6.07) is 1.63. The molecule has 2 N–H and O–H groups in total. The maximum absolute atomic E-state index is 11.7. The lowest BCUT2D eigenvalue weighted by Crippen LogP contribution is -3.11. The number of hydrogen-bond acceptors (Lipinski definition) is 5. The zero-order valence-corrected chi connectivity index (χ0v) is 11.9. The lowest BCUT2D eigenvalue weighted by Gasteiger charge is -2.22. The van der Waals surface area contributed by atoms with Gasteiger partial charge in [0.1, 0.15) is 18.1 Å². The number of quaternary nitrogens is 1. The van der Waals surface area contributed by atoms with E-state index in [1.807, 2.05) is 0 Å². The highest BCUT2D eigenvalue weighted by Crippen LogP contribution is 2.14. The number of carboxylic acid groups (broad SMARTS) is 1. The third kappa shape index (κ3) is 4.16. The average molecular weight is 294 g/mol. The van der Waals surface area contributed by atoms with Gasteiger partial charge in [0.2, 0.25) is 0 Å². The number of hydrogen-bond donors (Lipinski definition) is 2. The van der Waals surface area contributed by atoms with Gasteiger partial charge >= 0.3 is 0 Å². The second-order valence-corrected chi connectivity index (χ2v) is 5.21. The Kier molecular flexibility index (Phi) is 4.74. The van der Waals surface area contributed by atoms with Crippen molar-refractivity contribution in [2.24, 2.45) is 0 Å². The SMILES string of the molecule is Cc1oc(C(=O)NCC(=O)[O-])cc1C[NH+]1CCC(=O)CC1. The maximum atomic E-state index is 11.7. The van der Waals surface area contributed by atoms with Crippen LogP contribution in [0, 0.1) is 6.92 Å². The van der Waals surface area contributed by atoms with Crippen LogP contribution in [0.1, 0.15) is 34.7 Å². The van der Waals surface area contributed by atoms with Gasteiger partial charge in [0.15, 0.2) is 5.76 Å². The zero-order valence-electron chi connectivity index (χ0n) is 11.9. The number of aliphatic carboxylic acids is 1. The van der Waals surface area contributed by atoms with Crippen molar-refractivity contribution in [1.82, 2.24) is 5.32 Å². The van der Waals surface area contributed by atoms with E-state index in [1.165, 1.54) is 4.90 Å². The van der Waals surface area contributed by atoms with E-state index in [0.29, 0.717) is 30.9 Å². The first kappa shape index (κ1) is 15.2. The van der Waals surface area contributed by atoms with Crippen LogP contribution in [0.15, 0.2) is 10.5 Å². The van der Waals surface area contributed by atoms with Crippen molar-refractivity contribution >= 4 is 17.7 Å². The summed E-state index contributed by atoms with van der Waals surface area (Å²) in [6.07, 6.45) is 1.18. The minimum atomic E-state index is -1.35. The first-order valence-electron chi connectivity index (χ1n) is 6.88. The van der Waals surface area contributed by atoms with Gasteiger partial charge in [-0.1, -0.05) is 0 Å². The zero-order chi connectivity index (χ0) is 15.4. The number of ketones is 1. The molecule has 114 valence electrons. The predicted octanol–water partition coefficient (Wildman–Crippen LogP) is -2.18. The second-order valence-electron chi connectivity index (χ2n) is 5.21. The summed E-state index contributed by atoms with van der Waals surface area (Å²) >= 11 is 0. The van der Waals surface area contributed by atoms with Crippen molar-refractivity contribution in [2.45, 2.75) is 26.3 Å². The van der Waals surface area contributed by atoms with Crippen LogP contribution in [-0.2, 0) is 16.1 Å². The van der Waals surface area contributed by atoms with E-state index in [0.717, 1.165) is 18.7 Å².